The number of urea groups is 4. The highest BCUT2D eigenvalue weighted by Gasteiger charge is 2.39. The lowest BCUT2D eigenvalue weighted by atomic mass is 9.75. The molecule has 0 fully saturated rings. The van der Waals surface area contributed by atoms with Crippen molar-refractivity contribution < 1.29 is 60.0 Å². The van der Waals surface area contributed by atoms with Gasteiger partial charge in [-0.25, -0.2) is 19.2 Å². The summed E-state index contributed by atoms with van der Waals surface area (Å²) in [5.41, 5.74) is 0.760. The third-order valence-electron chi connectivity index (χ3n) is 19.7. The van der Waals surface area contributed by atoms with Gasteiger partial charge in [-0.3, -0.25) is 0 Å². The average Bonchev–Trinajstić information content (AvgIpc) is 0.736. The summed E-state index contributed by atoms with van der Waals surface area (Å²) in [6, 6.07) is 41.4. The first-order chi connectivity index (χ1) is 50.8. The van der Waals surface area contributed by atoms with Crippen molar-refractivity contribution >= 4 is 24.1 Å². The lowest BCUT2D eigenvalue weighted by molar-refractivity contribution is 0.181. The molecule has 0 atom stereocenters. The minimum atomic E-state index is -1.08. The summed E-state index contributed by atoms with van der Waals surface area (Å²) in [6.07, 6.45) is 0.428. The summed E-state index contributed by atoms with van der Waals surface area (Å²) in [5, 5.41) is 121. The van der Waals surface area contributed by atoms with Gasteiger partial charge in [0.15, 0.2) is 0 Å². The standard InChI is InChI=1S/C88H112N8O12/c1-17-57-61-41-63(75(99)69(73(61)97)49-93(81(105)89-85(5,6)7)45-53-33-25-21-26-34-53)58(18-2)65-43-67(79(103)71(77(65)101)51-95(83(107)91-87(11,12)13)47-55-37-29-23-30-38-55)60(20-4)68-44-66(78(102)72(80(68)104)52-96(84(108)92-88(14,15)16)48-56-39-31-24-32-40-56)59(19-3)64-42-62(57)74(98)70(76(64)100)50-94(82(106)90-86(8,9)10)46-54-35-27-22-28-36-54/h21-44,57-60,97-104H,17-20,45-52H2,1-16H3,(H,89,105)(H,90,106)(H,91,107)(H,92,108). The Balaban J connectivity index is 1.46. The van der Waals surface area contributed by atoms with E-state index in [2.05, 4.69) is 21.3 Å². The quantitative estimate of drug-likeness (QED) is 0.0339. The molecule has 8 aromatic rings. The molecule has 576 valence electrons. The van der Waals surface area contributed by atoms with Crippen molar-refractivity contribution in [3.05, 3.63) is 235 Å². The molecule has 8 bridgehead atoms. The SMILES string of the molecule is CCC1c2cc(c(O)c(CN(Cc3ccccc3)C(=O)NC(C)(C)C)c2O)C(CC)c2cc(c(O)c(CN(Cc3ccccc3)C(=O)NC(C)(C)C)c2O)C(CC)c2cc(c(O)c(CN(Cc3ccccc3)C(=O)NC(C)(C)C)c2O)C(CC)c2cc1c(O)c(CN(Cc1ccccc1)C(=O)NC(C)(C)C)c2O. The number of nitrogens with zero attached hydrogens (tertiary/aromatic N) is 4. The molecule has 0 heterocycles. The number of aromatic hydroxyl groups is 8. The highest BCUT2D eigenvalue weighted by atomic mass is 16.3. The van der Waals surface area contributed by atoms with Gasteiger partial charge in [-0.1, -0.05) is 149 Å². The van der Waals surface area contributed by atoms with Crippen molar-refractivity contribution in [1.29, 1.82) is 0 Å². The van der Waals surface area contributed by atoms with E-state index >= 15 is 0 Å². The minimum absolute atomic E-state index is 0.00459. The molecule has 0 aromatic heterocycles. The van der Waals surface area contributed by atoms with Crippen LogP contribution in [0.15, 0.2) is 146 Å². The second-order valence-corrected chi connectivity index (χ2v) is 32.9. The van der Waals surface area contributed by atoms with E-state index in [4.69, 9.17) is 0 Å². The second-order valence-electron chi connectivity index (χ2n) is 32.9. The normalized spacial score (nSPS) is 15.2. The average molecular weight is 1470 g/mol. The monoisotopic (exact) mass is 1470 g/mol. The maximum Gasteiger partial charge on any atom is 0.318 e. The first-order valence-corrected chi connectivity index (χ1v) is 37.6. The molecule has 0 radical (unpaired) electrons. The molecule has 0 saturated carbocycles. The van der Waals surface area contributed by atoms with Gasteiger partial charge in [-0.15, -0.1) is 0 Å². The summed E-state index contributed by atoms with van der Waals surface area (Å²) < 4.78 is 0. The smallest absolute Gasteiger partial charge is 0.318 e. The summed E-state index contributed by atoms with van der Waals surface area (Å²) in [7, 11) is 0. The van der Waals surface area contributed by atoms with Crippen LogP contribution >= 0.6 is 0 Å². The van der Waals surface area contributed by atoms with Crippen LogP contribution in [0, 0.1) is 0 Å². The Morgan fingerprint density at radius 2 is 0.417 bits per heavy atom. The van der Waals surface area contributed by atoms with Crippen molar-refractivity contribution in [2.45, 2.75) is 235 Å². The predicted octanol–water partition coefficient (Wildman–Crippen LogP) is 17.9. The molecule has 0 aliphatic heterocycles. The first-order valence-electron chi connectivity index (χ1n) is 37.6. The lowest BCUT2D eigenvalue weighted by Crippen LogP contribution is -2.48. The van der Waals surface area contributed by atoms with Crippen molar-refractivity contribution in [2.75, 3.05) is 0 Å². The molecular weight excluding hydrogens is 1360 g/mol. The van der Waals surface area contributed by atoms with E-state index in [1.165, 1.54) is 19.6 Å². The number of amides is 8. The molecule has 8 aromatic carbocycles. The first kappa shape index (κ1) is 81.3. The summed E-state index contributed by atoms with van der Waals surface area (Å²) in [5.74, 6) is -7.84. The van der Waals surface area contributed by atoms with Crippen LogP contribution < -0.4 is 21.3 Å². The molecule has 9 rings (SSSR count). The van der Waals surface area contributed by atoms with Crippen molar-refractivity contribution in [3.63, 3.8) is 0 Å². The predicted molar refractivity (Wildman–Crippen MR) is 424 cm³/mol. The maximum absolute atomic E-state index is 14.9. The van der Waals surface area contributed by atoms with Gasteiger partial charge in [0.05, 0.1) is 48.4 Å². The van der Waals surface area contributed by atoms with Gasteiger partial charge >= 0.3 is 24.1 Å². The molecule has 0 saturated heterocycles. The number of phenolic OH excluding ortho intramolecular Hbond substituents is 8. The number of carbonyl (C=O) groups is 4. The Bertz CT molecular complexity index is 3820. The van der Waals surface area contributed by atoms with Gasteiger partial charge in [0.2, 0.25) is 0 Å². The van der Waals surface area contributed by atoms with Gasteiger partial charge in [-0.2, -0.15) is 0 Å². The van der Waals surface area contributed by atoms with Gasteiger partial charge in [0.1, 0.15) is 46.0 Å². The largest absolute Gasteiger partial charge is 0.507 e. The fourth-order valence-corrected chi connectivity index (χ4v) is 14.6. The maximum atomic E-state index is 14.9. The molecule has 108 heavy (non-hydrogen) atoms. The Morgan fingerprint density at radius 3 is 0.546 bits per heavy atom. The minimum Gasteiger partial charge on any atom is -0.507 e. The number of benzene rings is 8. The van der Waals surface area contributed by atoms with Gasteiger partial charge < -0.3 is 81.7 Å². The zero-order chi connectivity index (χ0) is 79.1. The van der Waals surface area contributed by atoms with Crippen molar-refractivity contribution in [1.82, 2.24) is 40.9 Å². The third kappa shape index (κ3) is 19.3. The van der Waals surface area contributed by atoms with Crippen molar-refractivity contribution in [2.24, 2.45) is 0 Å². The van der Waals surface area contributed by atoms with E-state index in [1.807, 2.05) is 232 Å². The van der Waals surface area contributed by atoms with E-state index in [9.17, 15) is 60.0 Å². The highest BCUT2D eigenvalue weighted by molar-refractivity contribution is 5.79. The van der Waals surface area contributed by atoms with Gasteiger partial charge in [0.25, 0.3) is 0 Å². The summed E-state index contributed by atoms with van der Waals surface area (Å²) in [4.78, 5) is 65.6. The molecule has 8 amide bonds. The number of hydrogen-bond acceptors (Lipinski definition) is 12. The molecular formula is C88H112N8O12. The fourth-order valence-electron chi connectivity index (χ4n) is 14.6. The van der Waals surface area contributed by atoms with Crippen LogP contribution in [0.5, 0.6) is 46.0 Å². The molecule has 20 nitrogen and oxygen atoms in total. The van der Waals surface area contributed by atoms with Gasteiger partial charge in [0, 0.05) is 117 Å². The van der Waals surface area contributed by atoms with Crippen LogP contribution in [0.25, 0.3) is 0 Å². The Morgan fingerprint density at radius 1 is 0.269 bits per heavy atom. The fraction of sp³-hybridized carbons (Fsp3) is 0.409. The topological polar surface area (TPSA) is 291 Å². The summed E-state index contributed by atoms with van der Waals surface area (Å²) in [6.45, 7) is 27.9. The van der Waals surface area contributed by atoms with E-state index in [-0.39, 0.29) is 119 Å². The zero-order valence-corrected chi connectivity index (χ0v) is 65.7. The Hall–Kier alpha value is -10.8. The number of phenols is 8. The molecule has 12 N–H and O–H groups in total. The van der Waals surface area contributed by atoms with Crippen LogP contribution in [0.2, 0.25) is 0 Å². The molecule has 0 spiro atoms. The molecule has 1 aliphatic rings. The Kier molecular flexibility index (Phi) is 25.3. The molecule has 20 heteroatoms. The number of nitrogens with one attached hydrogen (secondary N) is 4. The number of fused-ring (bicyclic) bond motifs is 8. The van der Waals surface area contributed by atoms with E-state index in [1.54, 1.807) is 24.3 Å². The van der Waals surface area contributed by atoms with E-state index in [0.717, 1.165) is 22.3 Å². The van der Waals surface area contributed by atoms with Gasteiger partial charge in [-0.05, 0) is 155 Å². The van der Waals surface area contributed by atoms with Crippen LogP contribution in [-0.2, 0) is 52.4 Å². The molecule has 0 unspecified atom stereocenters. The molecule has 1 aliphatic carbocycles. The Labute approximate surface area is 637 Å². The van der Waals surface area contributed by atoms with Crippen LogP contribution in [0.4, 0.5) is 19.2 Å². The van der Waals surface area contributed by atoms with Crippen LogP contribution in [0.1, 0.15) is 249 Å². The summed E-state index contributed by atoms with van der Waals surface area (Å²) >= 11 is 0. The number of carbonyl (C=O) groups excluding carboxylic acids is 4. The second kappa shape index (κ2) is 33.6. The van der Waals surface area contributed by atoms with E-state index < -0.39 is 142 Å². The number of rotatable bonds is 20. The third-order valence-corrected chi connectivity index (χ3v) is 19.7. The zero-order valence-electron chi connectivity index (χ0n) is 65.7. The van der Waals surface area contributed by atoms with Crippen LogP contribution in [0.3, 0.4) is 0 Å². The van der Waals surface area contributed by atoms with Crippen LogP contribution in [-0.4, -0.2) is 107 Å². The highest BCUT2D eigenvalue weighted by Crippen LogP contribution is 2.56. The van der Waals surface area contributed by atoms with E-state index in [0.29, 0.717) is 0 Å². The van der Waals surface area contributed by atoms with Crippen molar-refractivity contribution in [3.8, 4) is 46.0 Å². The lowest BCUT2D eigenvalue weighted by Gasteiger charge is -2.34. The number of hydrogen-bond donors (Lipinski definition) is 12.